The van der Waals surface area contributed by atoms with Crippen LogP contribution in [0.4, 0.5) is 0 Å². The fraction of sp³-hybridized carbons (Fsp3) is 0.231. The summed E-state index contributed by atoms with van der Waals surface area (Å²) >= 11 is 2.35. The Hall–Kier alpha value is -1.75. The van der Waals surface area contributed by atoms with Crippen molar-refractivity contribution in [3.8, 4) is 0 Å². The molecule has 0 aromatic carbocycles. The molecule has 0 fully saturated rings. The van der Waals surface area contributed by atoms with Gasteiger partial charge in [0.25, 0.3) is 5.91 Å². The van der Waals surface area contributed by atoms with Crippen molar-refractivity contribution in [3.05, 3.63) is 39.4 Å². The third-order valence-corrected chi connectivity index (χ3v) is 6.06. The summed E-state index contributed by atoms with van der Waals surface area (Å²) in [4.78, 5) is 26.2. The van der Waals surface area contributed by atoms with Crippen molar-refractivity contribution >= 4 is 44.6 Å². The van der Waals surface area contributed by atoms with Gasteiger partial charge >= 0.3 is 5.97 Å². The molecule has 0 bridgehead atoms. The fourth-order valence-corrected chi connectivity index (χ4v) is 3.95. The van der Waals surface area contributed by atoms with E-state index in [0.717, 1.165) is 22.3 Å². The lowest BCUT2D eigenvalue weighted by molar-refractivity contribution is -0.133. The molecule has 7 nitrogen and oxygen atoms in total. The lowest BCUT2D eigenvalue weighted by Crippen LogP contribution is -2.30. The Labute approximate surface area is 141 Å². The number of carbonyl (C=O) groups excluding carboxylic acids is 2. The Kier molecular flexibility index (Phi) is 5.52. The van der Waals surface area contributed by atoms with Crippen molar-refractivity contribution in [2.24, 2.45) is 5.14 Å². The van der Waals surface area contributed by atoms with Gasteiger partial charge in [-0.25, -0.2) is 18.4 Å². The Morgan fingerprint density at radius 2 is 2.09 bits per heavy atom. The smallest absolute Gasteiger partial charge is 0.339 e. The number of thiophene rings is 2. The molecule has 0 atom stereocenters. The van der Waals surface area contributed by atoms with Crippen LogP contribution in [0.15, 0.2) is 33.2 Å². The third kappa shape index (κ3) is 4.86. The zero-order chi connectivity index (χ0) is 17.0. The molecule has 0 aliphatic rings. The average Bonchev–Trinajstić information content (AvgIpc) is 3.14. The molecular formula is C13H14N2O5S3. The highest BCUT2D eigenvalue weighted by Crippen LogP contribution is 2.19. The van der Waals surface area contributed by atoms with Gasteiger partial charge in [0.15, 0.2) is 6.61 Å². The summed E-state index contributed by atoms with van der Waals surface area (Å²) < 4.78 is 27.1. The molecule has 0 aliphatic carbocycles. The highest BCUT2D eigenvalue weighted by Gasteiger charge is 2.18. The number of likely N-dealkylation sites (N-methyl/N-ethyl adjacent to an activating group) is 1. The molecule has 124 valence electrons. The number of ether oxygens (including phenoxy) is 1. The van der Waals surface area contributed by atoms with Gasteiger partial charge in [0.2, 0.25) is 10.0 Å². The number of hydrogen-bond acceptors (Lipinski definition) is 7. The normalized spacial score (nSPS) is 11.2. The Bertz CT molecular complexity index is 795. The topological polar surface area (TPSA) is 107 Å². The molecule has 2 rings (SSSR count). The number of esters is 1. The first-order valence-corrected chi connectivity index (χ1v) is 9.63. The van der Waals surface area contributed by atoms with E-state index in [1.54, 1.807) is 7.05 Å². The highest BCUT2D eigenvalue weighted by molar-refractivity contribution is 7.91. The molecule has 10 heteroatoms. The van der Waals surface area contributed by atoms with Gasteiger partial charge in [0.05, 0.1) is 12.1 Å². The minimum atomic E-state index is -3.85. The monoisotopic (exact) mass is 374 g/mol. The lowest BCUT2D eigenvalue weighted by atomic mass is 10.3. The number of rotatable bonds is 6. The van der Waals surface area contributed by atoms with Crippen LogP contribution in [-0.4, -0.2) is 38.8 Å². The van der Waals surface area contributed by atoms with E-state index in [4.69, 9.17) is 9.88 Å². The van der Waals surface area contributed by atoms with Gasteiger partial charge in [-0.1, -0.05) is 6.07 Å². The first kappa shape index (κ1) is 17.6. The molecule has 0 aliphatic heterocycles. The maximum Gasteiger partial charge on any atom is 0.339 e. The van der Waals surface area contributed by atoms with E-state index in [-0.39, 0.29) is 15.7 Å². The molecular weight excluding hydrogens is 360 g/mol. The Morgan fingerprint density at radius 3 is 2.65 bits per heavy atom. The second-order valence-electron chi connectivity index (χ2n) is 4.60. The van der Waals surface area contributed by atoms with Gasteiger partial charge in [-0.15, -0.1) is 22.7 Å². The molecule has 0 unspecified atom stereocenters. The van der Waals surface area contributed by atoms with Crippen LogP contribution in [0.3, 0.4) is 0 Å². The van der Waals surface area contributed by atoms with Crippen molar-refractivity contribution < 1.29 is 22.7 Å². The van der Waals surface area contributed by atoms with Crippen molar-refractivity contribution in [3.63, 3.8) is 0 Å². The standard InChI is InChI=1S/C13H14N2O5S3/c1-15(6-10-3-2-4-21-10)11(16)7-20-13(17)9-5-12(22-8-9)23(14,18)19/h2-5,8H,6-7H2,1H3,(H2,14,18,19). The predicted octanol–water partition coefficient (Wildman–Crippen LogP) is 1.27. The van der Waals surface area contributed by atoms with Crippen LogP contribution < -0.4 is 5.14 Å². The van der Waals surface area contributed by atoms with E-state index in [1.165, 1.54) is 21.6 Å². The second-order valence-corrected chi connectivity index (χ2v) is 8.34. The molecule has 1 amide bonds. The summed E-state index contributed by atoms with van der Waals surface area (Å²) in [5.41, 5.74) is 0.0488. The summed E-state index contributed by atoms with van der Waals surface area (Å²) in [6.07, 6.45) is 0. The van der Waals surface area contributed by atoms with Crippen LogP contribution >= 0.6 is 22.7 Å². The molecule has 0 saturated carbocycles. The van der Waals surface area contributed by atoms with Crippen molar-refractivity contribution in [1.82, 2.24) is 4.90 Å². The van der Waals surface area contributed by atoms with E-state index in [2.05, 4.69) is 0 Å². The maximum atomic E-state index is 11.9. The largest absolute Gasteiger partial charge is 0.452 e. The van der Waals surface area contributed by atoms with Gasteiger partial charge in [0, 0.05) is 17.3 Å². The van der Waals surface area contributed by atoms with Crippen LogP contribution in [0.2, 0.25) is 0 Å². The van der Waals surface area contributed by atoms with E-state index >= 15 is 0 Å². The quantitative estimate of drug-likeness (QED) is 0.766. The minimum Gasteiger partial charge on any atom is -0.452 e. The van der Waals surface area contributed by atoms with Crippen molar-refractivity contribution in [1.29, 1.82) is 0 Å². The molecule has 2 N–H and O–H groups in total. The van der Waals surface area contributed by atoms with Gasteiger partial charge in [-0.2, -0.15) is 0 Å². The van der Waals surface area contributed by atoms with Crippen LogP contribution in [0, 0.1) is 0 Å². The molecule has 0 saturated heterocycles. The average molecular weight is 374 g/mol. The summed E-state index contributed by atoms with van der Waals surface area (Å²) in [5, 5.41) is 8.20. The van der Waals surface area contributed by atoms with Crippen molar-refractivity contribution in [2.45, 2.75) is 10.8 Å². The molecule has 0 spiro atoms. The van der Waals surface area contributed by atoms with Crippen molar-refractivity contribution in [2.75, 3.05) is 13.7 Å². The minimum absolute atomic E-state index is 0.0488. The third-order valence-electron chi connectivity index (χ3n) is 2.82. The van der Waals surface area contributed by atoms with E-state index in [9.17, 15) is 18.0 Å². The highest BCUT2D eigenvalue weighted by atomic mass is 32.2. The zero-order valence-corrected chi connectivity index (χ0v) is 14.5. The van der Waals surface area contributed by atoms with Gasteiger partial charge in [0.1, 0.15) is 4.21 Å². The van der Waals surface area contributed by atoms with Crippen LogP contribution in [0.1, 0.15) is 15.2 Å². The van der Waals surface area contributed by atoms with E-state index in [0.29, 0.717) is 6.54 Å². The number of sulfonamides is 1. The SMILES string of the molecule is CN(Cc1cccs1)C(=O)COC(=O)c1csc(S(N)(=O)=O)c1. The Balaban J connectivity index is 1.88. The van der Waals surface area contributed by atoms with Crippen LogP contribution in [0.25, 0.3) is 0 Å². The van der Waals surface area contributed by atoms with E-state index in [1.807, 2.05) is 17.5 Å². The summed E-state index contributed by atoms with van der Waals surface area (Å²) in [6, 6.07) is 4.92. The van der Waals surface area contributed by atoms with Crippen LogP contribution in [-0.2, 0) is 26.1 Å². The summed E-state index contributed by atoms with van der Waals surface area (Å²) in [6.45, 7) is 0.0172. The van der Waals surface area contributed by atoms with Crippen LogP contribution in [0.5, 0.6) is 0 Å². The second kappa shape index (κ2) is 7.21. The van der Waals surface area contributed by atoms with Gasteiger partial charge < -0.3 is 9.64 Å². The molecule has 2 aromatic heterocycles. The molecule has 23 heavy (non-hydrogen) atoms. The van der Waals surface area contributed by atoms with E-state index < -0.39 is 22.6 Å². The number of primary sulfonamides is 1. The summed E-state index contributed by atoms with van der Waals surface area (Å²) in [7, 11) is -2.24. The molecule has 2 heterocycles. The summed E-state index contributed by atoms with van der Waals surface area (Å²) in [5.74, 6) is -1.12. The first-order chi connectivity index (χ1) is 10.8. The number of nitrogens with two attached hydrogens (primary N) is 1. The number of hydrogen-bond donors (Lipinski definition) is 1. The zero-order valence-electron chi connectivity index (χ0n) is 12.1. The van der Waals surface area contributed by atoms with Gasteiger partial charge in [-0.05, 0) is 17.5 Å². The molecule has 0 radical (unpaired) electrons. The number of nitrogens with zero attached hydrogens (tertiary/aromatic N) is 1. The first-order valence-electron chi connectivity index (χ1n) is 6.32. The maximum absolute atomic E-state index is 11.9. The fourth-order valence-electron chi connectivity index (χ4n) is 1.62. The predicted molar refractivity (Wildman–Crippen MR) is 86.8 cm³/mol. The molecule has 2 aromatic rings. The lowest BCUT2D eigenvalue weighted by Gasteiger charge is -2.15. The Morgan fingerprint density at radius 1 is 1.35 bits per heavy atom. The van der Waals surface area contributed by atoms with Gasteiger partial charge in [-0.3, -0.25) is 4.79 Å². The number of amides is 1. The number of carbonyl (C=O) groups is 2.